The predicted molar refractivity (Wildman–Crippen MR) is 213 cm³/mol. The SMILES string of the molecule is CC(C)(C)OC(=O)NCCCC[C@H](NC(=O)OC(C)(C)C)C(=O)NCCSSCCNC(=O)[C@H](CCCCNC(=O)OC(C)(C)C)NC(=O)OC(C)(C)C. The summed E-state index contributed by atoms with van der Waals surface area (Å²) in [4.78, 5) is 74.6. The maximum absolute atomic E-state index is 13.0. The van der Waals surface area contributed by atoms with E-state index in [1.807, 2.05) is 0 Å². The van der Waals surface area contributed by atoms with E-state index in [1.165, 1.54) is 21.6 Å². The Morgan fingerprint density at radius 2 is 0.722 bits per heavy atom. The Labute approximate surface area is 330 Å². The van der Waals surface area contributed by atoms with Gasteiger partial charge in [-0.25, -0.2) is 19.2 Å². The van der Waals surface area contributed by atoms with Crippen LogP contribution in [0.2, 0.25) is 0 Å². The molecule has 0 aromatic carbocycles. The third-order valence-corrected chi connectivity index (χ3v) is 8.65. The molecule has 0 aliphatic rings. The number of ether oxygens (including phenoxy) is 4. The van der Waals surface area contributed by atoms with Gasteiger partial charge in [-0.1, -0.05) is 21.6 Å². The molecule has 0 unspecified atom stereocenters. The van der Waals surface area contributed by atoms with E-state index >= 15 is 0 Å². The van der Waals surface area contributed by atoms with Gasteiger partial charge in [0.15, 0.2) is 0 Å². The number of carbonyl (C=O) groups excluding carboxylic acids is 6. The molecular formula is C36H68N6O10S2. The van der Waals surface area contributed by atoms with Gasteiger partial charge in [0.25, 0.3) is 0 Å². The summed E-state index contributed by atoms with van der Waals surface area (Å²) in [5, 5.41) is 16.4. The molecule has 0 heterocycles. The maximum atomic E-state index is 13.0. The molecule has 6 amide bonds. The van der Waals surface area contributed by atoms with Gasteiger partial charge in [0.1, 0.15) is 34.5 Å². The number of nitrogens with one attached hydrogen (secondary N) is 6. The summed E-state index contributed by atoms with van der Waals surface area (Å²) in [7, 11) is 3.03. The second kappa shape index (κ2) is 25.0. The number of rotatable bonds is 21. The Bertz CT molecular complexity index is 1090. The van der Waals surface area contributed by atoms with Crippen molar-refractivity contribution in [1.29, 1.82) is 0 Å². The summed E-state index contributed by atoms with van der Waals surface area (Å²) < 4.78 is 21.1. The van der Waals surface area contributed by atoms with Crippen LogP contribution in [0.5, 0.6) is 0 Å². The highest BCUT2D eigenvalue weighted by Crippen LogP contribution is 2.19. The minimum absolute atomic E-state index is 0.343. The molecule has 0 saturated carbocycles. The lowest BCUT2D eigenvalue weighted by Crippen LogP contribution is -2.48. The predicted octanol–water partition coefficient (Wildman–Crippen LogP) is 5.78. The minimum atomic E-state index is -0.822. The highest BCUT2D eigenvalue weighted by molar-refractivity contribution is 8.76. The fourth-order valence-electron chi connectivity index (χ4n) is 4.19. The number of unbranched alkanes of at least 4 members (excludes halogenated alkanes) is 2. The molecule has 0 aliphatic carbocycles. The van der Waals surface area contributed by atoms with Crippen molar-refractivity contribution in [1.82, 2.24) is 31.9 Å². The molecule has 16 nitrogen and oxygen atoms in total. The zero-order valence-corrected chi connectivity index (χ0v) is 36.2. The standard InChI is InChI=1S/C36H68N6O10S2/c1-33(2,3)49-29(45)39-19-15-13-17-25(41-31(47)51-35(7,8)9)27(43)37-21-23-53-54-24-22-38-28(44)26(42-32(48)52-36(10,11)12)18-14-16-20-40-30(46)50-34(4,5)6/h25-26H,13-24H2,1-12H3,(H,37,43)(H,38,44)(H,39,45)(H,40,46)(H,41,47)(H,42,48)/t25-,26-/m0/s1. The van der Waals surface area contributed by atoms with Gasteiger partial charge >= 0.3 is 24.4 Å². The van der Waals surface area contributed by atoms with E-state index in [4.69, 9.17) is 18.9 Å². The van der Waals surface area contributed by atoms with Crippen molar-refractivity contribution >= 4 is 57.8 Å². The lowest BCUT2D eigenvalue weighted by Gasteiger charge is -2.23. The van der Waals surface area contributed by atoms with E-state index in [-0.39, 0.29) is 11.8 Å². The normalized spacial score (nSPS) is 13.0. The topological polar surface area (TPSA) is 212 Å². The van der Waals surface area contributed by atoms with Gasteiger partial charge in [-0.15, -0.1) is 0 Å². The van der Waals surface area contributed by atoms with Crippen molar-refractivity contribution in [3.05, 3.63) is 0 Å². The molecule has 0 bridgehead atoms. The third-order valence-electron chi connectivity index (χ3n) is 6.24. The largest absolute Gasteiger partial charge is 0.444 e. The first-order valence-electron chi connectivity index (χ1n) is 18.5. The van der Waals surface area contributed by atoms with Gasteiger partial charge in [0, 0.05) is 37.7 Å². The number of carbonyl (C=O) groups is 6. The molecule has 0 aromatic heterocycles. The zero-order chi connectivity index (χ0) is 41.6. The Morgan fingerprint density at radius 3 is 1.02 bits per heavy atom. The van der Waals surface area contributed by atoms with Crippen LogP contribution in [0.4, 0.5) is 19.2 Å². The molecule has 18 heteroatoms. The van der Waals surface area contributed by atoms with Crippen LogP contribution in [-0.2, 0) is 28.5 Å². The summed E-state index contributed by atoms with van der Waals surface area (Å²) in [6.07, 6.45) is 0.531. The monoisotopic (exact) mass is 808 g/mol. The van der Waals surface area contributed by atoms with Crippen LogP contribution >= 0.6 is 21.6 Å². The molecule has 0 aromatic rings. The minimum Gasteiger partial charge on any atom is -0.444 e. The fraction of sp³-hybridized carbons (Fsp3) is 0.833. The second-order valence-corrected chi connectivity index (χ2v) is 19.2. The van der Waals surface area contributed by atoms with Gasteiger partial charge in [0.2, 0.25) is 11.8 Å². The molecule has 0 saturated heterocycles. The molecule has 6 N–H and O–H groups in total. The highest BCUT2D eigenvalue weighted by atomic mass is 33.1. The number of amides is 6. The number of hydrogen-bond donors (Lipinski definition) is 6. The van der Waals surface area contributed by atoms with Gasteiger partial charge in [0.05, 0.1) is 0 Å². The highest BCUT2D eigenvalue weighted by Gasteiger charge is 2.26. The van der Waals surface area contributed by atoms with Crippen molar-refractivity contribution < 1.29 is 47.7 Å². The first-order valence-corrected chi connectivity index (χ1v) is 21.0. The fourth-order valence-corrected chi connectivity index (χ4v) is 6.00. The molecule has 0 aliphatic heterocycles. The average molecular weight is 809 g/mol. The Kier molecular flexibility index (Phi) is 23.5. The van der Waals surface area contributed by atoms with E-state index in [0.29, 0.717) is 76.2 Å². The number of hydrogen-bond acceptors (Lipinski definition) is 12. The van der Waals surface area contributed by atoms with Crippen molar-refractivity contribution in [3.8, 4) is 0 Å². The van der Waals surface area contributed by atoms with Crippen molar-refractivity contribution in [2.45, 2.75) is 156 Å². The Balaban J connectivity index is 4.76. The van der Waals surface area contributed by atoms with E-state index in [2.05, 4.69) is 31.9 Å². The van der Waals surface area contributed by atoms with Crippen LogP contribution in [-0.4, -0.2) is 108 Å². The van der Waals surface area contributed by atoms with Crippen molar-refractivity contribution in [3.63, 3.8) is 0 Å². The van der Waals surface area contributed by atoms with E-state index in [1.54, 1.807) is 83.1 Å². The van der Waals surface area contributed by atoms with Crippen LogP contribution in [0, 0.1) is 0 Å². The average Bonchev–Trinajstić information content (AvgIpc) is 2.97. The zero-order valence-electron chi connectivity index (χ0n) is 34.5. The van der Waals surface area contributed by atoms with Crippen molar-refractivity contribution in [2.24, 2.45) is 0 Å². The molecule has 2 atom stereocenters. The lowest BCUT2D eigenvalue weighted by molar-refractivity contribution is -0.124. The molecule has 0 spiro atoms. The molecule has 0 rings (SSSR count). The number of alkyl carbamates (subject to hydrolysis) is 4. The van der Waals surface area contributed by atoms with Gasteiger partial charge in [-0.3, -0.25) is 9.59 Å². The smallest absolute Gasteiger partial charge is 0.408 e. The second-order valence-electron chi connectivity index (χ2n) is 16.5. The van der Waals surface area contributed by atoms with E-state index in [0.717, 1.165) is 0 Å². The van der Waals surface area contributed by atoms with Crippen molar-refractivity contribution in [2.75, 3.05) is 37.7 Å². The summed E-state index contributed by atoms with van der Waals surface area (Å²) in [5.74, 6) is 0.457. The van der Waals surface area contributed by atoms with Crippen LogP contribution in [0.3, 0.4) is 0 Å². The van der Waals surface area contributed by atoms with Crippen LogP contribution < -0.4 is 31.9 Å². The van der Waals surface area contributed by atoms with Gasteiger partial charge < -0.3 is 50.8 Å². The summed E-state index contributed by atoms with van der Waals surface area (Å²) in [5.41, 5.74) is -2.66. The van der Waals surface area contributed by atoms with Gasteiger partial charge in [-0.2, -0.15) is 0 Å². The maximum Gasteiger partial charge on any atom is 0.408 e. The first kappa shape index (κ1) is 50.7. The molecule has 0 fully saturated rings. The van der Waals surface area contributed by atoms with E-state index in [9.17, 15) is 28.8 Å². The summed E-state index contributed by atoms with van der Waals surface area (Å²) in [6, 6.07) is -1.64. The quantitative estimate of drug-likeness (QED) is 0.0463. The van der Waals surface area contributed by atoms with Crippen LogP contribution in [0.25, 0.3) is 0 Å². The summed E-state index contributed by atoms with van der Waals surface area (Å²) >= 11 is 0. The first-order chi connectivity index (χ1) is 24.8. The molecular weight excluding hydrogens is 741 g/mol. The molecule has 314 valence electrons. The third kappa shape index (κ3) is 31.1. The Morgan fingerprint density at radius 1 is 0.426 bits per heavy atom. The molecule has 54 heavy (non-hydrogen) atoms. The van der Waals surface area contributed by atoms with Crippen LogP contribution in [0.15, 0.2) is 0 Å². The van der Waals surface area contributed by atoms with E-state index < -0.39 is 58.9 Å². The summed E-state index contributed by atoms with van der Waals surface area (Å²) in [6.45, 7) is 22.5. The Hall–Kier alpha value is -3.28. The molecule has 0 radical (unpaired) electrons. The lowest BCUT2D eigenvalue weighted by atomic mass is 10.1. The van der Waals surface area contributed by atoms with Gasteiger partial charge in [-0.05, 0) is 122 Å². The van der Waals surface area contributed by atoms with Crippen LogP contribution in [0.1, 0.15) is 122 Å².